The van der Waals surface area contributed by atoms with Crippen molar-refractivity contribution in [3.63, 3.8) is 0 Å². The van der Waals surface area contributed by atoms with Gasteiger partial charge in [0, 0.05) is 29.7 Å². The zero-order valence-electron chi connectivity index (χ0n) is 16.6. The highest BCUT2D eigenvalue weighted by Gasteiger charge is 2.13. The molecule has 6 nitrogen and oxygen atoms in total. The number of hydrogen-bond donors (Lipinski definition) is 2. The Kier molecular flexibility index (Phi) is 7.20. The third kappa shape index (κ3) is 5.18. The number of carbonyl (C=O) groups is 1. The first-order valence-corrected chi connectivity index (χ1v) is 11.6. The molecule has 0 aliphatic rings. The second-order valence-electron chi connectivity index (χ2n) is 6.94. The van der Waals surface area contributed by atoms with E-state index in [2.05, 4.69) is 36.6 Å². The molecule has 2 aromatic heterocycles. The number of benzene rings is 2. The Balaban J connectivity index is 1.43. The highest BCUT2D eigenvalue weighted by molar-refractivity contribution is 9.10. The van der Waals surface area contributed by atoms with E-state index in [0.29, 0.717) is 33.8 Å². The standard InChI is InChI=1S/C22H17BrCl3N5O/c23-15-12-29-31-20(11-19(30-22(15)31)14-3-1-2-4-16(14)24)27-7-8-28-21(32)10-13-5-6-17(25)18(26)9-13/h1-6,9,11-12,27H,7-8,10H2,(H,28,32). The summed E-state index contributed by atoms with van der Waals surface area (Å²) >= 11 is 21.8. The molecule has 1 amide bonds. The fourth-order valence-electron chi connectivity index (χ4n) is 3.16. The lowest BCUT2D eigenvalue weighted by Gasteiger charge is -2.12. The summed E-state index contributed by atoms with van der Waals surface area (Å²) in [7, 11) is 0. The molecular weight excluding hydrogens is 537 g/mol. The van der Waals surface area contributed by atoms with E-state index in [9.17, 15) is 4.79 Å². The smallest absolute Gasteiger partial charge is 0.224 e. The Labute approximate surface area is 208 Å². The van der Waals surface area contributed by atoms with Crippen LogP contribution in [0.1, 0.15) is 5.56 Å². The molecule has 0 saturated heterocycles. The number of nitrogens with zero attached hydrogens (tertiary/aromatic N) is 3. The highest BCUT2D eigenvalue weighted by atomic mass is 79.9. The van der Waals surface area contributed by atoms with Gasteiger partial charge in [0.15, 0.2) is 5.65 Å². The van der Waals surface area contributed by atoms with Crippen LogP contribution >= 0.6 is 50.7 Å². The summed E-state index contributed by atoms with van der Waals surface area (Å²) in [6.07, 6.45) is 1.90. The normalized spacial score (nSPS) is 11.0. The van der Waals surface area contributed by atoms with Gasteiger partial charge in [-0.2, -0.15) is 9.61 Å². The summed E-state index contributed by atoms with van der Waals surface area (Å²) in [6.45, 7) is 0.916. The van der Waals surface area contributed by atoms with Crippen molar-refractivity contribution < 1.29 is 4.79 Å². The largest absolute Gasteiger partial charge is 0.368 e. The van der Waals surface area contributed by atoms with Crippen molar-refractivity contribution in [1.29, 1.82) is 0 Å². The van der Waals surface area contributed by atoms with Crippen molar-refractivity contribution in [2.24, 2.45) is 0 Å². The second-order valence-corrected chi connectivity index (χ2v) is 9.01. The van der Waals surface area contributed by atoms with Gasteiger partial charge in [-0.1, -0.05) is 59.1 Å². The average Bonchev–Trinajstić information content (AvgIpc) is 3.15. The van der Waals surface area contributed by atoms with Crippen LogP contribution in [-0.2, 0) is 11.2 Å². The molecule has 2 aromatic carbocycles. The molecule has 0 unspecified atom stereocenters. The summed E-state index contributed by atoms with van der Waals surface area (Å²) in [4.78, 5) is 16.9. The second kappa shape index (κ2) is 10.1. The number of rotatable bonds is 7. The van der Waals surface area contributed by atoms with Crippen molar-refractivity contribution in [1.82, 2.24) is 19.9 Å². The first-order chi connectivity index (χ1) is 15.4. The molecule has 0 bridgehead atoms. The van der Waals surface area contributed by atoms with Gasteiger partial charge in [0.05, 0.1) is 32.8 Å². The van der Waals surface area contributed by atoms with Crippen LogP contribution in [0.5, 0.6) is 0 Å². The molecule has 4 rings (SSSR count). The molecule has 4 aromatic rings. The molecular formula is C22H17BrCl3N5O. The predicted molar refractivity (Wildman–Crippen MR) is 133 cm³/mol. The monoisotopic (exact) mass is 551 g/mol. The van der Waals surface area contributed by atoms with Crippen molar-refractivity contribution >= 4 is 68.1 Å². The van der Waals surface area contributed by atoms with Crippen LogP contribution in [0.15, 0.2) is 59.2 Å². The number of carbonyl (C=O) groups excluding carboxylic acids is 1. The van der Waals surface area contributed by atoms with Gasteiger partial charge in [-0.25, -0.2) is 4.98 Å². The van der Waals surface area contributed by atoms with Crippen molar-refractivity contribution in [2.45, 2.75) is 6.42 Å². The zero-order chi connectivity index (χ0) is 22.7. The van der Waals surface area contributed by atoms with Crippen molar-refractivity contribution in [2.75, 3.05) is 18.4 Å². The third-order valence-electron chi connectivity index (χ3n) is 4.68. The Morgan fingerprint density at radius 1 is 1.00 bits per heavy atom. The van der Waals surface area contributed by atoms with Crippen LogP contribution in [0.2, 0.25) is 15.1 Å². The van der Waals surface area contributed by atoms with Gasteiger partial charge in [0.2, 0.25) is 5.91 Å². The van der Waals surface area contributed by atoms with Gasteiger partial charge in [0.25, 0.3) is 0 Å². The summed E-state index contributed by atoms with van der Waals surface area (Å²) < 4.78 is 2.46. The predicted octanol–water partition coefficient (Wildman–Crippen LogP) is 5.89. The molecule has 0 spiro atoms. The van der Waals surface area contributed by atoms with Crippen LogP contribution in [0.3, 0.4) is 0 Å². The molecule has 0 saturated carbocycles. The maximum Gasteiger partial charge on any atom is 0.224 e. The number of amides is 1. The quantitative estimate of drug-likeness (QED) is 0.280. The topological polar surface area (TPSA) is 71.3 Å². The molecule has 10 heteroatoms. The number of fused-ring (bicyclic) bond motifs is 1. The van der Waals surface area contributed by atoms with E-state index in [0.717, 1.165) is 27.1 Å². The molecule has 2 heterocycles. The van der Waals surface area contributed by atoms with E-state index in [1.807, 2.05) is 30.3 Å². The van der Waals surface area contributed by atoms with E-state index in [4.69, 9.17) is 34.8 Å². The average molecular weight is 554 g/mol. The maximum atomic E-state index is 12.2. The van der Waals surface area contributed by atoms with Crippen LogP contribution < -0.4 is 10.6 Å². The Hall–Kier alpha value is -2.32. The fourth-order valence-corrected chi connectivity index (χ4v) is 4.06. The number of hydrogen-bond acceptors (Lipinski definition) is 4. The van der Waals surface area contributed by atoms with Gasteiger partial charge in [-0.15, -0.1) is 0 Å². The molecule has 0 aliphatic heterocycles. The van der Waals surface area contributed by atoms with Crippen molar-refractivity contribution in [3.8, 4) is 11.3 Å². The number of aromatic nitrogens is 3. The van der Waals surface area contributed by atoms with Gasteiger partial charge >= 0.3 is 0 Å². The minimum absolute atomic E-state index is 0.108. The van der Waals surface area contributed by atoms with Crippen molar-refractivity contribution in [3.05, 3.63) is 79.8 Å². The van der Waals surface area contributed by atoms with Crippen LogP contribution in [0, 0.1) is 0 Å². The summed E-state index contributed by atoms with van der Waals surface area (Å²) in [5.74, 6) is 0.623. The SMILES string of the molecule is O=C(Cc1ccc(Cl)c(Cl)c1)NCCNc1cc(-c2ccccc2Cl)nc2c(Br)cnn12. The molecule has 0 aliphatic carbocycles. The Morgan fingerprint density at radius 3 is 2.59 bits per heavy atom. The lowest BCUT2D eigenvalue weighted by Crippen LogP contribution is -2.30. The third-order valence-corrected chi connectivity index (χ3v) is 6.31. The van der Waals surface area contributed by atoms with Gasteiger partial charge in [0.1, 0.15) is 5.82 Å². The van der Waals surface area contributed by atoms with E-state index >= 15 is 0 Å². The Bertz CT molecular complexity index is 1290. The molecule has 164 valence electrons. The van der Waals surface area contributed by atoms with Gasteiger partial charge < -0.3 is 10.6 Å². The van der Waals surface area contributed by atoms with E-state index < -0.39 is 0 Å². The maximum absolute atomic E-state index is 12.2. The fraction of sp³-hybridized carbons (Fsp3) is 0.136. The molecule has 0 atom stereocenters. The first-order valence-electron chi connectivity index (χ1n) is 9.66. The minimum atomic E-state index is -0.108. The molecule has 2 N–H and O–H groups in total. The highest BCUT2D eigenvalue weighted by Crippen LogP contribution is 2.30. The van der Waals surface area contributed by atoms with E-state index in [1.165, 1.54) is 0 Å². The lowest BCUT2D eigenvalue weighted by atomic mass is 10.1. The number of anilines is 1. The van der Waals surface area contributed by atoms with E-state index in [-0.39, 0.29) is 12.3 Å². The van der Waals surface area contributed by atoms with Gasteiger partial charge in [-0.3, -0.25) is 4.79 Å². The van der Waals surface area contributed by atoms with Crippen LogP contribution in [0.25, 0.3) is 16.9 Å². The lowest BCUT2D eigenvalue weighted by molar-refractivity contribution is -0.120. The number of nitrogens with one attached hydrogen (secondary N) is 2. The molecule has 0 fully saturated rings. The zero-order valence-corrected chi connectivity index (χ0v) is 20.4. The van der Waals surface area contributed by atoms with Crippen LogP contribution in [-0.4, -0.2) is 33.6 Å². The summed E-state index contributed by atoms with van der Waals surface area (Å²) in [5.41, 5.74) is 3.00. The summed E-state index contributed by atoms with van der Waals surface area (Å²) in [6, 6.07) is 14.6. The van der Waals surface area contributed by atoms with Crippen LogP contribution in [0.4, 0.5) is 5.82 Å². The Morgan fingerprint density at radius 2 is 1.81 bits per heavy atom. The minimum Gasteiger partial charge on any atom is -0.368 e. The van der Waals surface area contributed by atoms with Gasteiger partial charge in [-0.05, 0) is 39.7 Å². The number of halogens is 4. The summed E-state index contributed by atoms with van der Waals surface area (Å²) in [5, 5.41) is 12.1. The molecule has 0 radical (unpaired) electrons. The first kappa shape index (κ1) is 22.9. The van der Waals surface area contributed by atoms with E-state index in [1.54, 1.807) is 28.9 Å². The molecule has 32 heavy (non-hydrogen) atoms.